The molecule has 2 aromatic rings. The summed E-state index contributed by atoms with van der Waals surface area (Å²) in [5, 5.41) is 2.84. The molecule has 0 atom stereocenters. The number of benzene rings is 1. The van der Waals surface area contributed by atoms with Gasteiger partial charge in [0, 0.05) is 12.2 Å². The second kappa shape index (κ2) is 7.98. The number of rotatable bonds is 8. The number of aromatic amines is 1. The van der Waals surface area contributed by atoms with E-state index in [1.54, 1.807) is 18.2 Å². The number of amides is 2. The summed E-state index contributed by atoms with van der Waals surface area (Å²) in [6, 6.07) is 7.11. The Kier molecular flexibility index (Phi) is 5.74. The first-order chi connectivity index (χ1) is 11.1. The zero-order valence-corrected chi connectivity index (χ0v) is 13.0. The molecule has 1 aromatic heterocycles. The maximum atomic E-state index is 12.2. The summed E-state index contributed by atoms with van der Waals surface area (Å²) in [7, 11) is 0. The minimum Gasteiger partial charge on any atom is -0.493 e. The van der Waals surface area contributed by atoms with Crippen molar-refractivity contribution in [1.29, 1.82) is 0 Å². The van der Waals surface area contributed by atoms with Gasteiger partial charge in [0.05, 0.1) is 18.5 Å². The quantitative estimate of drug-likeness (QED) is 0.637. The van der Waals surface area contributed by atoms with Crippen molar-refractivity contribution in [3.05, 3.63) is 47.5 Å². The lowest BCUT2D eigenvalue weighted by Gasteiger charge is -2.10. The number of carbonyl (C=O) groups excluding carboxylic acids is 2. The van der Waals surface area contributed by atoms with Gasteiger partial charge in [0.15, 0.2) is 0 Å². The maximum Gasteiger partial charge on any atom is 0.269 e. The number of aryl methyl sites for hydroxylation is 1. The lowest BCUT2D eigenvalue weighted by atomic mass is 10.1. The van der Waals surface area contributed by atoms with Gasteiger partial charge < -0.3 is 20.8 Å². The van der Waals surface area contributed by atoms with E-state index in [1.807, 2.05) is 13.0 Å². The van der Waals surface area contributed by atoms with Crippen LogP contribution in [0.2, 0.25) is 0 Å². The van der Waals surface area contributed by atoms with Crippen molar-refractivity contribution in [3.63, 3.8) is 0 Å². The molecule has 0 fully saturated rings. The highest BCUT2D eigenvalue weighted by Crippen LogP contribution is 2.17. The van der Waals surface area contributed by atoms with Crippen LogP contribution in [0, 0.1) is 0 Å². The van der Waals surface area contributed by atoms with Crippen LogP contribution in [0.15, 0.2) is 30.6 Å². The Hall–Kier alpha value is -2.83. The Bertz CT molecular complexity index is 681. The van der Waals surface area contributed by atoms with E-state index < -0.39 is 5.91 Å². The van der Waals surface area contributed by atoms with Gasteiger partial charge >= 0.3 is 0 Å². The molecule has 0 unspecified atom stereocenters. The fraction of sp³-hybridized carbons (Fsp3) is 0.312. The van der Waals surface area contributed by atoms with Gasteiger partial charge in [-0.15, -0.1) is 0 Å². The fourth-order valence-electron chi connectivity index (χ4n) is 2.22. The summed E-state index contributed by atoms with van der Waals surface area (Å²) in [4.78, 5) is 30.1. The molecular weight excluding hydrogens is 296 g/mol. The molecule has 0 bridgehead atoms. The van der Waals surface area contributed by atoms with Gasteiger partial charge in [0.25, 0.3) is 11.8 Å². The molecule has 0 aliphatic heterocycles. The highest BCUT2D eigenvalue weighted by atomic mass is 16.5. The first kappa shape index (κ1) is 16.5. The standard InChI is InChI=1S/C16H20N4O3/c1-2-23-13-8-4-3-6-11(13)16(22)18-9-5-7-12-14(15(17)21)20-10-19-12/h3-4,6,8,10H,2,5,7,9H2,1H3,(H2,17,21)(H,18,22)(H,19,20). The van der Waals surface area contributed by atoms with Crippen molar-refractivity contribution in [3.8, 4) is 5.75 Å². The third-order valence-electron chi connectivity index (χ3n) is 3.27. The normalized spacial score (nSPS) is 10.3. The van der Waals surface area contributed by atoms with Crippen LogP contribution in [0.25, 0.3) is 0 Å². The number of aromatic nitrogens is 2. The summed E-state index contributed by atoms with van der Waals surface area (Å²) in [6.45, 7) is 2.84. The van der Waals surface area contributed by atoms with Gasteiger partial charge in [-0.1, -0.05) is 12.1 Å². The van der Waals surface area contributed by atoms with Crippen molar-refractivity contribution in [2.24, 2.45) is 5.73 Å². The van der Waals surface area contributed by atoms with Gasteiger partial charge in [0.1, 0.15) is 11.4 Å². The molecule has 0 aliphatic carbocycles. The van der Waals surface area contributed by atoms with Gasteiger partial charge in [-0.3, -0.25) is 9.59 Å². The largest absolute Gasteiger partial charge is 0.493 e. The van der Waals surface area contributed by atoms with E-state index in [0.29, 0.717) is 43.0 Å². The smallest absolute Gasteiger partial charge is 0.269 e. The van der Waals surface area contributed by atoms with Crippen LogP contribution in [0.3, 0.4) is 0 Å². The molecule has 0 spiro atoms. The molecule has 23 heavy (non-hydrogen) atoms. The third-order valence-corrected chi connectivity index (χ3v) is 3.27. The Morgan fingerprint density at radius 3 is 2.87 bits per heavy atom. The van der Waals surface area contributed by atoms with Gasteiger partial charge in [-0.2, -0.15) is 0 Å². The average Bonchev–Trinajstić information content (AvgIpc) is 3.01. The zero-order chi connectivity index (χ0) is 16.7. The number of H-pyrrole nitrogens is 1. The molecular formula is C16H20N4O3. The number of hydrogen-bond donors (Lipinski definition) is 3. The number of nitrogens with one attached hydrogen (secondary N) is 2. The number of imidazole rings is 1. The number of para-hydroxylation sites is 1. The summed E-state index contributed by atoms with van der Waals surface area (Å²) >= 11 is 0. The lowest BCUT2D eigenvalue weighted by Crippen LogP contribution is -2.25. The van der Waals surface area contributed by atoms with Crippen LogP contribution in [-0.2, 0) is 6.42 Å². The zero-order valence-electron chi connectivity index (χ0n) is 13.0. The summed E-state index contributed by atoms with van der Waals surface area (Å²) < 4.78 is 5.44. The molecule has 122 valence electrons. The van der Waals surface area contributed by atoms with Crippen molar-refractivity contribution < 1.29 is 14.3 Å². The van der Waals surface area contributed by atoms with Crippen molar-refractivity contribution >= 4 is 11.8 Å². The first-order valence-corrected chi connectivity index (χ1v) is 7.45. The molecule has 0 saturated carbocycles. The molecule has 0 radical (unpaired) electrons. The minimum absolute atomic E-state index is 0.186. The van der Waals surface area contributed by atoms with Crippen molar-refractivity contribution in [2.45, 2.75) is 19.8 Å². The van der Waals surface area contributed by atoms with Crippen molar-refractivity contribution in [1.82, 2.24) is 15.3 Å². The molecule has 0 aliphatic rings. The average molecular weight is 316 g/mol. The van der Waals surface area contributed by atoms with Crippen LogP contribution in [-0.4, -0.2) is 34.9 Å². The molecule has 2 amide bonds. The van der Waals surface area contributed by atoms with E-state index in [-0.39, 0.29) is 11.6 Å². The Morgan fingerprint density at radius 1 is 1.35 bits per heavy atom. The SMILES string of the molecule is CCOc1ccccc1C(=O)NCCCc1[nH]cnc1C(N)=O. The third kappa shape index (κ3) is 4.32. The highest BCUT2D eigenvalue weighted by molar-refractivity contribution is 5.96. The first-order valence-electron chi connectivity index (χ1n) is 7.45. The van der Waals surface area contributed by atoms with E-state index in [1.165, 1.54) is 6.33 Å². The summed E-state index contributed by atoms with van der Waals surface area (Å²) in [5.41, 5.74) is 6.67. The number of ether oxygens (including phenoxy) is 1. The molecule has 4 N–H and O–H groups in total. The molecule has 1 aromatic carbocycles. The molecule has 7 heteroatoms. The Labute approximate surface area is 134 Å². The van der Waals surface area contributed by atoms with Crippen LogP contribution in [0.4, 0.5) is 0 Å². The van der Waals surface area contributed by atoms with E-state index in [9.17, 15) is 9.59 Å². The van der Waals surface area contributed by atoms with Gasteiger partial charge in [0.2, 0.25) is 0 Å². The fourth-order valence-corrected chi connectivity index (χ4v) is 2.22. The predicted octanol–water partition coefficient (Wildman–Crippen LogP) is 1.27. The maximum absolute atomic E-state index is 12.2. The van der Waals surface area contributed by atoms with Gasteiger partial charge in [-0.25, -0.2) is 4.98 Å². The molecule has 1 heterocycles. The van der Waals surface area contributed by atoms with Crippen LogP contribution >= 0.6 is 0 Å². The number of nitrogens with two attached hydrogens (primary N) is 1. The van der Waals surface area contributed by atoms with E-state index >= 15 is 0 Å². The Balaban J connectivity index is 1.86. The van der Waals surface area contributed by atoms with Crippen LogP contribution in [0.1, 0.15) is 39.9 Å². The monoisotopic (exact) mass is 316 g/mol. The molecule has 2 rings (SSSR count). The van der Waals surface area contributed by atoms with Crippen LogP contribution in [0.5, 0.6) is 5.75 Å². The molecule has 7 nitrogen and oxygen atoms in total. The second-order valence-corrected chi connectivity index (χ2v) is 4.88. The number of primary amides is 1. The topological polar surface area (TPSA) is 110 Å². The molecule has 0 saturated heterocycles. The highest BCUT2D eigenvalue weighted by Gasteiger charge is 2.13. The second-order valence-electron chi connectivity index (χ2n) is 4.88. The number of nitrogens with zero attached hydrogens (tertiary/aromatic N) is 1. The van der Waals surface area contributed by atoms with E-state index in [2.05, 4.69) is 15.3 Å². The summed E-state index contributed by atoms with van der Waals surface area (Å²) in [6.07, 6.45) is 2.67. The van der Waals surface area contributed by atoms with Gasteiger partial charge in [-0.05, 0) is 31.9 Å². The van der Waals surface area contributed by atoms with E-state index in [0.717, 1.165) is 0 Å². The minimum atomic E-state index is -0.559. The predicted molar refractivity (Wildman–Crippen MR) is 85.4 cm³/mol. The van der Waals surface area contributed by atoms with Crippen LogP contribution < -0.4 is 15.8 Å². The lowest BCUT2D eigenvalue weighted by molar-refractivity contribution is 0.0947. The Morgan fingerprint density at radius 2 is 2.13 bits per heavy atom. The van der Waals surface area contributed by atoms with E-state index in [4.69, 9.17) is 10.5 Å². The number of carbonyl (C=O) groups is 2. The van der Waals surface area contributed by atoms with Crippen molar-refractivity contribution in [2.75, 3.05) is 13.2 Å². The number of hydrogen-bond acceptors (Lipinski definition) is 4. The summed E-state index contributed by atoms with van der Waals surface area (Å²) in [5.74, 6) is -0.179.